The second kappa shape index (κ2) is 3.92. The molecule has 1 saturated heterocycles. The molecule has 0 radical (unpaired) electrons. The second-order valence-corrected chi connectivity index (χ2v) is 6.56. The normalized spacial score (nSPS) is 25.7. The SMILES string of the molecule is C=CN1CCOC([SiH](C)C)C1. The number of ether oxygens (including phenoxy) is 1. The molecule has 2 nitrogen and oxygen atoms in total. The lowest BCUT2D eigenvalue weighted by atomic mass is 10.4. The molecule has 1 aliphatic heterocycles. The van der Waals surface area contributed by atoms with Crippen LogP contribution in [0.2, 0.25) is 13.1 Å². The molecule has 1 heterocycles. The van der Waals surface area contributed by atoms with Gasteiger partial charge in [0.2, 0.25) is 0 Å². The van der Waals surface area contributed by atoms with Crippen LogP contribution < -0.4 is 0 Å². The van der Waals surface area contributed by atoms with Gasteiger partial charge in [-0.3, -0.25) is 0 Å². The third-order valence-corrected chi connectivity index (χ3v) is 4.02. The Bertz CT molecular complexity index is 138. The summed E-state index contributed by atoms with van der Waals surface area (Å²) in [6.45, 7) is 11.4. The molecule has 0 N–H and O–H groups in total. The molecule has 1 rings (SSSR count). The number of morpholine rings is 1. The minimum absolute atomic E-state index is 0.529. The van der Waals surface area contributed by atoms with Gasteiger partial charge in [0, 0.05) is 13.1 Å². The highest BCUT2D eigenvalue weighted by Crippen LogP contribution is 2.07. The Balaban J connectivity index is 2.39. The van der Waals surface area contributed by atoms with Gasteiger partial charge in [0.1, 0.15) is 0 Å². The van der Waals surface area contributed by atoms with Crippen molar-refractivity contribution >= 4 is 8.80 Å². The second-order valence-electron chi connectivity index (χ2n) is 3.33. The molecule has 1 fully saturated rings. The molecule has 0 aliphatic carbocycles. The van der Waals surface area contributed by atoms with Crippen LogP contribution in [0.4, 0.5) is 0 Å². The van der Waals surface area contributed by atoms with E-state index in [0.29, 0.717) is 5.73 Å². The molecule has 0 saturated carbocycles. The molecule has 1 aliphatic rings. The van der Waals surface area contributed by atoms with Crippen LogP contribution in [0.1, 0.15) is 0 Å². The molecule has 1 unspecified atom stereocenters. The molecule has 11 heavy (non-hydrogen) atoms. The van der Waals surface area contributed by atoms with Gasteiger partial charge in [0.05, 0.1) is 21.1 Å². The predicted octanol–water partition coefficient (Wildman–Crippen LogP) is 0.857. The molecular weight excluding hydrogens is 154 g/mol. The van der Waals surface area contributed by atoms with Crippen molar-refractivity contribution in [2.75, 3.05) is 19.7 Å². The molecule has 0 aromatic heterocycles. The smallest absolute Gasteiger partial charge is 0.0679 e. The maximum absolute atomic E-state index is 5.64. The van der Waals surface area contributed by atoms with Crippen molar-refractivity contribution in [3.63, 3.8) is 0 Å². The van der Waals surface area contributed by atoms with E-state index in [-0.39, 0.29) is 0 Å². The van der Waals surface area contributed by atoms with Crippen molar-refractivity contribution in [2.45, 2.75) is 18.8 Å². The summed E-state index contributed by atoms with van der Waals surface area (Å²) in [5.41, 5.74) is 0.529. The largest absolute Gasteiger partial charge is 0.378 e. The standard InChI is InChI=1S/C8H17NOSi/c1-4-9-5-6-10-8(7-9)11(2)3/h4,8,11H,1,5-7H2,2-3H3. The van der Waals surface area contributed by atoms with Gasteiger partial charge in [0.25, 0.3) is 0 Å². The molecular formula is C8H17NOSi. The Kier molecular flexibility index (Phi) is 3.14. The van der Waals surface area contributed by atoms with Gasteiger partial charge in [-0.25, -0.2) is 0 Å². The number of hydrogen-bond acceptors (Lipinski definition) is 2. The van der Waals surface area contributed by atoms with Crippen LogP contribution in [-0.2, 0) is 4.74 Å². The fourth-order valence-electron chi connectivity index (χ4n) is 1.27. The van der Waals surface area contributed by atoms with E-state index in [2.05, 4.69) is 24.6 Å². The third kappa shape index (κ3) is 2.34. The third-order valence-electron chi connectivity index (χ3n) is 2.13. The van der Waals surface area contributed by atoms with Crippen LogP contribution in [0.3, 0.4) is 0 Å². The monoisotopic (exact) mass is 171 g/mol. The van der Waals surface area contributed by atoms with Crippen LogP contribution in [0, 0.1) is 0 Å². The minimum Gasteiger partial charge on any atom is -0.378 e. The van der Waals surface area contributed by atoms with Crippen LogP contribution in [-0.4, -0.2) is 39.1 Å². The highest BCUT2D eigenvalue weighted by molar-refractivity contribution is 6.57. The lowest BCUT2D eigenvalue weighted by Crippen LogP contribution is -2.45. The Hall–Kier alpha value is -0.283. The summed E-state index contributed by atoms with van der Waals surface area (Å²) in [5, 5.41) is 0. The van der Waals surface area contributed by atoms with Crippen LogP contribution in [0.15, 0.2) is 12.8 Å². The van der Waals surface area contributed by atoms with Crippen molar-refractivity contribution in [3.8, 4) is 0 Å². The van der Waals surface area contributed by atoms with Crippen molar-refractivity contribution < 1.29 is 4.74 Å². The van der Waals surface area contributed by atoms with Crippen LogP contribution in [0.25, 0.3) is 0 Å². The van der Waals surface area contributed by atoms with Crippen molar-refractivity contribution in [3.05, 3.63) is 12.8 Å². The van der Waals surface area contributed by atoms with Crippen molar-refractivity contribution in [1.29, 1.82) is 0 Å². The van der Waals surface area contributed by atoms with Crippen molar-refractivity contribution in [2.24, 2.45) is 0 Å². The van der Waals surface area contributed by atoms with Gasteiger partial charge in [-0.2, -0.15) is 0 Å². The summed E-state index contributed by atoms with van der Waals surface area (Å²) in [4.78, 5) is 2.25. The maximum Gasteiger partial charge on any atom is 0.0679 e. The van der Waals surface area contributed by atoms with Gasteiger partial charge in [-0.15, -0.1) is 0 Å². The lowest BCUT2D eigenvalue weighted by molar-refractivity contribution is 0.0296. The quantitative estimate of drug-likeness (QED) is 0.571. The molecule has 0 aromatic carbocycles. The summed E-state index contributed by atoms with van der Waals surface area (Å²) in [6.07, 6.45) is 1.92. The first kappa shape index (κ1) is 8.81. The van der Waals surface area contributed by atoms with E-state index in [1.807, 2.05) is 6.20 Å². The van der Waals surface area contributed by atoms with Gasteiger partial charge in [-0.1, -0.05) is 19.7 Å². The Morgan fingerprint density at radius 1 is 1.64 bits per heavy atom. The van der Waals surface area contributed by atoms with Crippen molar-refractivity contribution in [1.82, 2.24) is 4.90 Å². The Labute approximate surface area is 70.4 Å². The molecule has 0 spiro atoms. The topological polar surface area (TPSA) is 12.5 Å². The fourth-order valence-corrected chi connectivity index (χ4v) is 2.48. The zero-order valence-electron chi connectivity index (χ0n) is 7.42. The zero-order valence-corrected chi connectivity index (χ0v) is 8.57. The maximum atomic E-state index is 5.64. The summed E-state index contributed by atoms with van der Waals surface area (Å²) < 4.78 is 5.64. The van der Waals surface area contributed by atoms with Gasteiger partial charge in [0.15, 0.2) is 0 Å². The highest BCUT2D eigenvalue weighted by atomic mass is 28.3. The summed E-state index contributed by atoms with van der Waals surface area (Å²) in [7, 11) is -0.616. The zero-order chi connectivity index (χ0) is 8.27. The molecule has 0 bridgehead atoms. The first-order valence-electron chi connectivity index (χ1n) is 4.22. The van der Waals surface area contributed by atoms with E-state index in [9.17, 15) is 0 Å². The number of nitrogens with zero attached hydrogens (tertiary/aromatic N) is 1. The fraction of sp³-hybridized carbons (Fsp3) is 0.750. The van der Waals surface area contributed by atoms with Gasteiger partial charge < -0.3 is 9.64 Å². The van der Waals surface area contributed by atoms with E-state index in [1.165, 1.54) is 0 Å². The molecule has 0 aromatic rings. The van der Waals surface area contributed by atoms with Crippen LogP contribution >= 0.6 is 0 Å². The first-order chi connectivity index (χ1) is 5.24. The summed E-state index contributed by atoms with van der Waals surface area (Å²) in [6, 6.07) is 0. The average Bonchev–Trinajstić information content (AvgIpc) is 2.05. The first-order valence-corrected chi connectivity index (χ1v) is 7.20. The Morgan fingerprint density at radius 2 is 2.36 bits per heavy atom. The number of rotatable bonds is 2. The number of hydrogen-bond donors (Lipinski definition) is 0. The average molecular weight is 171 g/mol. The molecule has 1 atom stereocenters. The van der Waals surface area contributed by atoms with Gasteiger partial charge >= 0.3 is 0 Å². The van der Waals surface area contributed by atoms with E-state index in [4.69, 9.17) is 4.74 Å². The highest BCUT2D eigenvalue weighted by Gasteiger charge is 2.21. The van der Waals surface area contributed by atoms with Gasteiger partial charge in [-0.05, 0) is 6.20 Å². The van der Waals surface area contributed by atoms with E-state index >= 15 is 0 Å². The summed E-state index contributed by atoms with van der Waals surface area (Å²) >= 11 is 0. The Morgan fingerprint density at radius 3 is 2.91 bits per heavy atom. The predicted molar refractivity (Wildman–Crippen MR) is 50.4 cm³/mol. The molecule has 0 amide bonds. The molecule has 3 heteroatoms. The summed E-state index contributed by atoms with van der Waals surface area (Å²) in [5.74, 6) is 0. The molecule has 64 valence electrons. The van der Waals surface area contributed by atoms with E-state index < -0.39 is 8.80 Å². The van der Waals surface area contributed by atoms with Crippen LogP contribution in [0.5, 0.6) is 0 Å². The minimum atomic E-state index is -0.616. The van der Waals surface area contributed by atoms with E-state index in [0.717, 1.165) is 19.7 Å². The lowest BCUT2D eigenvalue weighted by Gasteiger charge is -2.33. The van der Waals surface area contributed by atoms with E-state index in [1.54, 1.807) is 0 Å².